The number of aromatic amines is 1. The molecule has 3 N–H and O–H groups in total. The number of benzene rings is 2. The summed E-state index contributed by atoms with van der Waals surface area (Å²) in [7, 11) is 1.80. The summed E-state index contributed by atoms with van der Waals surface area (Å²) in [6.45, 7) is 1.73. The van der Waals surface area contributed by atoms with Gasteiger partial charge in [0.1, 0.15) is 5.82 Å². The van der Waals surface area contributed by atoms with Gasteiger partial charge in [-0.25, -0.2) is 4.98 Å². The summed E-state index contributed by atoms with van der Waals surface area (Å²) in [6.07, 6.45) is 2.91. The molecule has 0 saturated carbocycles. The minimum absolute atomic E-state index is 0.848. The van der Waals surface area contributed by atoms with Crippen molar-refractivity contribution in [3.05, 3.63) is 66.0 Å². The average molecular weight is 335 g/mol. The molecule has 130 valence electrons. The number of aromatic nitrogens is 2. The van der Waals surface area contributed by atoms with Crippen molar-refractivity contribution in [1.82, 2.24) is 20.6 Å². The minimum atomic E-state index is 0.848. The second-order valence-corrected chi connectivity index (χ2v) is 5.97. The largest absolute Gasteiger partial charge is 0.356 e. The third-order valence-corrected chi connectivity index (χ3v) is 4.09. The van der Waals surface area contributed by atoms with Crippen LogP contribution in [0.4, 0.5) is 0 Å². The number of hydrogen-bond acceptors (Lipinski definition) is 2. The van der Waals surface area contributed by atoms with Gasteiger partial charge >= 0.3 is 0 Å². The molecule has 5 nitrogen and oxygen atoms in total. The van der Waals surface area contributed by atoms with Crippen LogP contribution in [0.25, 0.3) is 11.0 Å². The molecule has 1 heterocycles. The molecule has 0 unspecified atom stereocenters. The highest BCUT2D eigenvalue weighted by atomic mass is 15.2. The van der Waals surface area contributed by atoms with E-state index in [1.807, 2.05) is 24.3 Å². The molecular weight excluding hydrogens is 310 g/mol. The number of rotatable bonds is 7. The molecule has 3 aromatic rings. The maximum atomic E-state index is 4.60. The Bertz CT molecular complexity index is 774. The zero-order valence-corrected chi connectivity index (χ0v) is 14.6. The van der Waals surface area contributed by atoms with Crippen molar-refractivity contribution in [3.8, 4) is 0 Å². The Morgan fingerprint density at radius 1 is 0.960 bits per heavy atom. The Balaban J connectivity index is 1.36. The first-order valence-electron chi connectivity index (χ1n) is 8.77. The van der Waals surface area contributed by atoms with E-state index in [1.54, 1.807) is 7.05 Å². The molecular formula is C20H25N5. The standard InChI is InChI=1S/C20H25N5/c1-21-20(23-15-13-16-8-3-2-4-9-16)22-14-7-12-19-24-17-10-5-6-11-18(17)25-19/h2-6,8-11H,7,12-15H2,1H3,(H,24,25)(H2,21,22,23). The Morgan fingerprint density at radius 3 is 2.52 bits per heavy atom. The van der Waals surface area contributed by atoms with E-state index >= 15 is 0 Å². The van der Waals surface area contributed by atoms with E-state index in [1.165, 1.54) is 5.56 Å². The summed E-state index contributed by atoms with van der Waals surface area (Å²) in [6, 6.07) is 18.6. The molecule has 0 aliphatic rings. The quantitative estimate of drug-likeness (QED) is 0.353. The van der Waals surface area contributed by atoms with Crippen LogP contribution in [-0.4, -0.2) is 36.1 Å². The number of imidazole rings is 1. The van der Waals surface area contributed by atoms with Gasteiger partial charge in [0.05, 0.1) is 11.0 Å². The number of H-pyrrole nitrogens is 1. The fourth-order valence-electron chi connectivity index (χ4n) is 2.78. The van der Waals surface area contributed by atoms with Crippen molar-refractivity contribution in [1.29, 1.82) is 0 Å². The maximum Gasteiger partial charge on any atom is 0.190 e. The lowest BCUT2D eigenvalue weighted by Crippen LogP contribution is -2.38. The molecule has 2 aromatic carbocycles. The van der Waals surface area contributed by atoms with E-state index < -0.39 is 0 Å². The summed E-state index contributed by atoms with van der Waals surface area (Å²) >= 11 is 0. The number of aryl methyl sites for hydroxylation is 1. The maximum absolute atomic E-state index is 4.60. The molecule has 0 fully saturated rings. The van der Waals surface area contributed by atoms with E-state index in [0.717, 1.165) is 55.2 Å². The molecule has 0 atom stereocenters. The van der Waals surface area contributed by atoms with E-state index in [-0.39, 0.29) is 0 Å². The van der Waals surface area contributed by atoms with Crippen LogP contribution >= 0.6 is 0 Å². The predicted molar refractivity (Wildman–Crippen MR) is 104 cm³/mol. The molecule has 0 aliphatic heterocycles. The second kappa shape index (κ2) is 8.87. The van der Waals surface area contributed by atoms with E-state index in [4.69, 9.17) is 0 Å². The Kier molecular flexibility index (Phi) is 6.04. The van der Waals surface area contributed by atoms with Crippen molar-refractivity contribution >= 4 is 17.0 Å². The van der Waals surface area contributed by atoms with Gasteiger partial charge in [-0.2, -0.15) is 0 Å². The van der Waals surface area contributed by atoms with Crippen LogP contribution in [0, 0.1) is 0 Å². The fraction of sp³-hybridized carbons (Fsp3) is 0.300. The lowest BCUT2D eigenvalue weighted by Gasteiger charge is -2.11. The van der Waals surface area contributed by atoms with Gasteiger partial charge in [0.2, 0.25) is 0 Å². The highest BCUT2D eigenvalue weighted by Crippen LogP contribution is 2.11. The van der Waals surface area contributed by atoms with Crippen LogP contribution in [0.2, 0.25) is 0 Å². The third kappa shape index (κ3) is 5.08. The first-order valence-corrected chi connectivity index (χ1v) is 8.77. The zero-order chi connectivity index (χ0) is 17.3. The summed E-state index contributed by atoms with van der Waals surface area (Å²) in [5, 5.41) is 6.71. The molecule has 0 saturated heterocycles. The second-order valence-electron chi connectivity index (χ2n) is 5.97. The lowest BCUT2D eigenvalue weighted by atomic mass is 10.1. The van der Waals surface area contributed by atoms with Gasteiger partial charge in [0.25, 0.3) is 0 Å². The van der Waals surface area contributed by atoms with E-state index in [0.29, 0.717) is 0 Å². The van der Waals surface area contributed by atoms with Crippen molar-refractivity contribution in [2.45, 2.75) is 19.3 Å². The molecule has 1 aromatic heterocycles. The Labute approximate surface area is 148 Å². The number of guanidine groups is 1. The van der Waals surface area contributed by atoms with E-state index in [9.17, 15) is 0 Å². The monoisotopic (exact) mass is 335 g/mol. The van der Waals surface area contributed by atoms with Gasteiger partial charge in [0, 0.05) is 26.6 Å². The van der Waals surface area contributed by atoms with Crippen LogP contribution in [0.3, 0.4) is 0 Å². The van der Waals surface area contributed by atoms with Crippen molar-refractivity contribution in [2.24, 2.45) is 4.99 Å². The lowest BCUT2D eigenvalue weighted by molar-refractivity contribution is 0.724. The fourth-order valence-corrected chi connectivity index (χ4v) is 2.78. The Hall–Kier alpha value is -2.82. The van der Waals surface area contributed by atoms with Crippen LogP contribution in [0.1, 0.15) is 17.8 Å². The molecule has 0 amide bonds. The molecule has 0 spiro atoms. The first-order chi connectivity index (χ1) is 12.3. The number of hydrogen-bond donors (Lipinski definition) is 3. The Morgan fingerprint density at radius 2 is 1.72 bits per heavy atom. The molecule has 5 heteroatoms. The summed E-state index contributed by atoms with van der Waals surface area (Å²) in [5.41, 5.74) is 3.46. The highest BCUT2D eigenvalue weighted by molar-refractivity contribution is 5.79. The van der Waals surface area contributed by atoms with Crippen LogP contribution < -0.4 is 10.6 Å². The summed E-state index contributed by atoms with van der Waals surface area (Å²) in [5.74, 6) is 1.88. The van der Waals surface area contributed by atoms with Gasteiger partial charge in [-0.3, -0.25) is 4.99 Å². The van der Waals surface area contributed by atoms with Crippen molar-refractivity contribution in [3.63, 3.8) is 0 Å². The molecule has 0 aliphatic carbocycles. The predicted octanol–water partition coefficient (Wildman–Crippen LogP) is 2.90. The first kappa shape index (κ1) is 17.0. The summed E-state index contributed by atoms with van der Waals surface area (Å²) in [4.78, 5) is 12.2. The van der Waals surface area contributed by atoms with Gasteiger partial charge in [0.15, 0.2) is 5.96 Å². The number of nitrogens with one attached hydrogen (secondary N) is 3. The summed E-state index contributed by atoms with van der Waals surface area (Å²) < 4.78 is 0. The number of aliphatic imine (C=N–C) groups is 1. The molecule has 3 rings (SSSR count). The molecule has 25 heavy (non-hydrogen) atoms. The van der Waals surface area contributed by atoms with Crippen molar-refractivity contribution < 1.29 is 0 Å². The van der Waals surface area contributed by atoms with Crippen LogP contribution in [-0.2, 0) is 12.8 Å². The van der Waals surface area contributed by atoms with Crippen LogP contribution in [0.5, 0.6) is 0 Å². The smallest absolute Gasteiger partial charge is 0.190 e. The van der Waals surface area contributed by atoms with Gasteiger partial charge < -0.3 is 15.6 Å². The normalized spacial score (nSPS) is 11.6. The van der Waals surface area contributed by atoms with E-state index in [2.05, 4.69) is 55.9 Å². The highest BCUT2D eigenvalue weighted by Gasteiger charge is 2.02. The number of fused-ring (bicyclic) bond motifs is 1. The van der Waals surface area contributed by atoms with Gasteiger partial charge in [-0.15, -0.1) is 0 Å². The number of para-hydroxylation sites is 2. The van der Waals surface area contributed by atoms with Gasteiger partial charge in [-0.1, -0.05) is 42.5 Å². The molecule has 0 radical (unpaired) electrons. The zero-order valence-electron chi connectivity index (χ0n) is 14.6. The topological polar surface area (TPSA) is 65.1 Å². The SMILES string of the molecule is CN=C(NCCCc1nc2ccccc2[nH]1)NCCc1ccccc1. The van der Waals surface area contributed by atoms with Gasteiger partial charge in [-0.05, 0) is 30.5 Å². The minimum Gasteiger partial charge on any atom is -0.356 e. The third-order valence-electron chi connectivity index (χ3n) is 4.09. The molecule has 0 bridgehead atoms. The average Bonchev–Trinajstić information content (AvgIpc) is 3.07. The number of nitrogens with zero attached hydrogens (tertiary/aromatic N) is 2. The van der Waals surface area contributed by atoms with Crippen molar-refractivity contribution in [2.75, 3.05) is 20.1 Å². The van der Waals surface area contributed by atoms with Crippen LogP contribution in [0.15, 0.2) is 59.6 Å².